The first kappa shape index (κ1) is 14.7. The van der Waals surface area contributed by atoms with Crippen molar-refractivity contribution in [2.45, 2.75) is 13.0 Å². The van der Waals surface area contributed by atoms with E-state index in [9.17, 15) is 19.7 Å². The molecular formula is C10H10ClN3O5. The third kappa shape index (κ3) is 4.11. The standard InChI is InChI=1S/C10H10ClN3O5/c1-5(9(15)13-10(12)16)19-8-4-6(11)2-3-7(8)14(17)18/h2-5H,1H3,(H3,12,13,15,16). The van der Waals surface area contributed by atoms with Crippen molar-refractivity contribution in [3.63, 3.8) is 0 Å². The van der Waals surface area contributed by atoms with Crippen molar-refractivity contribution in [1.29, 1.82) is 0 Å². The lowest BCUT2D eigenvalue weighted by molar-refractivity contribution is -0.386. The summed E-state index contributed by atoms with van der Waals surface area (Å²) in [5.74, 6) is -0.994. The molecule has 1 rings (SSSR count). The number of hydrogen-bond donors (Lipinski definition) is 2. The minimum atomic E-state index is -1.15. The van der Waals surface area contributed by atoms with Gasteiger partial charge in [-0.25, -0.2) is 4.79 Å². The number of nitro benzene ring substituents is 1. The van der Waals surface area contributed by atoms with Crippen LogP contribution in [0.25, 0.3) is 0 Å². The number of hydrogen-bond acceptors (Lipinski definition) is 5. The zero-order chi connectivity index (χ0) is 14.6. The number of nitrogens with two attached hydrogens (primary N) is 1. The molecule has 3 N–H and O–H groups in total. The van der Waals surface area contributed by atoms with E-state index in [4.69, 9.17) is 22.1 Å². The molecule has 0 saturated carbocycles. The number of nitro groups is 1. The fourth-order valence-corrected chi connectivity index (χ4v) is 1.36. The van der Waals surface area contributed by atoms with Crippen LogP contribution >= 0.6 is 11.6 Å². The highest BCUT2D eigenvalue weighted by molar-refractivity contribution is 6.30. The first-order valence-electron chi connectivity index (χ1n) is 5.02. The number of urea groups is 1. The van der Waals surface area contributed by atoms with E-state index in [0.29, 0.717) is 0 Å². The Balaban J connectivity index is 2.92. The minimum Gasteiger partial charge on any atom is -0.474 e. The second-order valence-electron chi connectivity index (χ2n) is 3.48. The highest BCUT2D eigenvalue weighted by atomic mass is 35.5. The van der Waals surface area contributed by atoms with Crippen LogP contribution in [-0.4, -0.2) is 23.0 Å². The first-order valence-corrected chi connectivity index (χ1v) is 5.40. The lowest BCUT2D eigenvalue weighted by Crippen LogP contribution is -2.42. The summed E-state index contributed by atoms with van der Waals surface area (Å²) in [4.78, 5) is 32.0. The van der Waals surface area contributed by atoms with Gasteiger partial charge in [-0.3, -0.25) is 20.2 Å². The first-order chi connectivity index (χ1) is 8.81. The van der Waals surface area contributed by atoms with Gasteiger partial charge in [-0.05, 0) is 13.0 Å². The fraction of sp³-hybridized carbons (Fsp3) is 0.200. The highest BCUT2D eigenvalue weighted by Crippen LogP contribution is 2.30. The summed E-state index contributed by atoms with van der Waals surface area (Å²) in [5, 5.41) is 12.8. The van der Waals surface area contributed by atoms with Gasteiger partial charge >= 0.3 is 11.7 Å². The van der Waals surface area contributed by atoms with Crippen LogP contribution in [-0.2, 0) is 4.79 Å². The molecule has 0 aliphatic rings. The van der Waals surface area contributed by atoms with Crippen LogP contribution in [0.15, 0.2) is 18.2 Å². The van der Waals surface area contributed by atoms with Crippen LogP contribution in [0.3, 0.4) is 0 Å². The summed E-state index contributed by atoms with van der Waals surface area (Å²) in [6.45, 7) is 1.31. The summed E-state index contributed by atoms with van der Waals surface area (Å²) in [6, 6.07) is 2.63. The van der Waals surface area contributed by atoms with Gasteiger partial charge in [-0.1, -0.05) is 11.6 Å². The fourth-order valence-electron chi connectivity index (χ4n) is 1.20. The number of rotatable bonds is 4. The molecule has 19 heavy (non-hydrogen) atoms. The second-order valence-corrected chi connectivity index (χ2v) is 3.92. The van der Waals surface area contributed by atoms with Crippen LogP contribution in [0.5, 0.6) is 5.75 Å². The highest BCUT2D eigenvalue weighted by Gasteiger charge is 2.22. The molecule has 0 bridgehead atoms. The maximum atomic E-state index is 11.4. The number of imide groups is 1. The maximum Gasteiger partial charge on any atom is 0.318 e. The van der Waals surface area contributed by atoms with Gasteiger partial charge in [0.15, 0.2) is 11.9 Å². The van der Waals surface area contributed by atoms with Crippen LogP contribution in [0.4, 0.5) is 10.5 Å². The summed E-state index contributed by atoms with van der Waals surface area (Å²) < 4.78 is 5.10. The van der Waals surface area contributed by atoms with Crippen LogP contribution < -0.4 is 15.8 Å². The van der Waals surface area contributed by atoms with Crippen molar-refractivity contribution >= 4 is 29.2 Å². The molecule has 3 amide bonds. The molecule has 0 aliphatic heterocycles. The predicted octanol–water partition coefficient (Wildman–Crippen LogP) is 1.21. The smallest absolute Gasteiger partial charge is 0.318 e. The Hall–Kier alpha value is -2.35. The second kappa shape index (κ2) is 6.01. The van der Waals surface area contributed by atoms with Crippen molar-refractivity contribution < 1.29 is 19.2 Å². The molecule has 0 saturated heterocycles. The number of nitrogens with one attached hydrogen (secondary N) is 1. The van der Waals surface area contributed by atoms with Crippen LogP contribution in [0, 0.1) is 10.1 Å². The minimum absolute atomic E-state index is 0.176. The van der Waals surface area contributed by atoms with Gasteiger partial charge in [-0.2, -0.15) is 0 Å². The Morgan fingerprint density at radius 3 is 2.68 bits per heavy atom. The van der Waals surface area contributed by atoms with Gasteiger partial charge < -0.3 is 10.5 Å². The third-order valence-electron chi connectivity index (χ3n) is 2.04. The number of carbonyl (C=O) groups excluding carboxylic acids is 2. The van der Waals surface area contributed by atoms with Gasteiger partial charge in [0, 0.05) is 17.2 Å². The molecule has 0 heterocycles. The monoisotopic (exact) mass is 287 g/mol. The predicted molar refractivity (Wildman–Crippen MR) is 65.9 cm³/mol. The lowest BCUT2D eigenvalue weighted by Gasteiger charge is -2.13. The van der Waals surface area contributed by atoms with Gasteiger partial charge in [0.25, 0.3) is 5.91 Å². The molecule has 1 atom stereocenters. The molecule has 0 aromatic heterocycles. The molecule has 9 heteroatoms. The zero-order valence-electron chi connectivity index (χ0n) is 9.75. The largest absolute Gasteiger partial charge is 0.474 e. The maximum absolute atomic E-state index is 11.4. The topological polar surface area (TPSA) is 125 Å². The molecule has 8 nitrogen and oxygen atoms in total. The van der Waals surface area contributed by atoms with Gasteiger partial charge in [0.1, 0.15) is 0 Å². The molecule has 1 aromatic carbocycles. The normalized spacial score (nSPS) is 11.5. The Labute approximate surface area is 112 Å². The molecule has 0 aliphatic carbocycles. The third-order valence-corrected chi connectivity index (χ3v) is 2.27. The number of amides is 3. The zero-order valence-corrected chi connectivity index (χ0v) is 10.5. The van der Waals surface area contributed by atoms with Crippen LogP contribution in [0.2, 0.25) is 5.02 Å². The summed E-state index contributed by atoms with van der Waals surface area (Å²) in [7, 11) is 0. The molecule has 1 unspecified atom stereocenters. The number of halogens is 1. The average molecular weight is 288 g/mol. The van der Waals surface area contributed by atoms with E-state index in [1.807, 2.05) is 0 Å². The number of benzene rings is 1. The Kier molecular flexibility index (Phi) is 4.65. The van der Waals surface area contributed by atoms with Crippen molar-refractivity contribution in [1.82, 2.24) is 5.32 Å². The van der Waals surface area contributed by atoms with Crippen molar-refractivity contribution in [3.05, 3.63) is 33.3 Å². The number of carbonyl (C=O) groups is 2. The Morgan fingerprint density at radius 2 is 2.16 bits per heavy atom. The Bertz CT molecular complexity index is 534. The van der Waals surface area contributed by atoms with E-state index in [1.54, 1.807) is 5.32 Å². The molecule has 1 aromatic rings. The molecule has 0 radical (unpaired) electrons. The van der Waals surface area contributed by atoms with E-state index in [2.05, 4.69) is 0 Å². The van der Waals surface area contributed by atoms with E-state index >= 15 is 0 Å². The Morgan fingerprint density at radius 1 is 1.53 bits per heavy atom. The molecule has 102 valence electrons. The van der Waals surface area contributed by atoms with Crippen molar-refractivity contribution in [2.75, 3.05) is 0 Å². The molecule has 0 spiro atoms. The molecular weight excluding hydrogens is 278 g/mol. The molecule has 0 fully saturated rings. The number of primary amides is 1. The average Bonchev–Trinajstić information content (AvgIpc) is 2.27. The number of ether oxygens (including phenoxy) is 1. The number of nitrogens with zero attached hydrogens (tertiary/aromatic N) is 1. The van der Waals surface area contributed by atoms with E-state index < -0.39 is 23.0 Å². The van der Waals surface area contributed by atoms with Gasteiger partial charge in [0.05, 0.1) is 4.92 Å². The summed E-state index contributed by atoms with van der Waals surface area (Å²) in [5.41, 5.74) is 4.43. The van der Waals surface area contributed by atoms with Crippen molar-refractivity contribution in [2.24, 2.45) is 5.73 Å². The van der Waals surface area contributed by atoms with E-state index in [1.165, 1.54) is 19.1 Å². The SMILES string of the molecule is CC(Oc1cc(Cl)ccc1[N+](=O)[O-])C(=O)NC(N)=O. The quantitative estimate of drug-likeness (QED) is 0.636. The lowest BCUT2D eigenvalue weighted by atomic mass is 10.3. The summed E-state index contributed by atoms with van der Waals surface area (Å²) >= 11 is 5.69. The van der Waals surface area contributed by atoms with Gasteiger partial charge in [-0.15, -0.1) is 0 Å². The summed E-state index contributed by atoms with van der Waals surface area (Å²) in [6.07, 6.45) is -1.15. The van der Waals surface area contributed by atoms with Gasteiger partial charge in [0.2, 0.25) is 0 Å². The van der Waals surface area contributed by atoms with Crippen molar-refractivity contribution in [3.8, 4) is 5.75 Å². The van der Waals surface area contributed by atoms with E-state index in [0.717, 1.165) is 6.07 Å². The van der Waals surface area contributed by atoms with E-state index in [-0.39, 0.29) is 16.5 Å². The van der Waals surface area contributed by atoms with Crippen LogP contribution in [0.1, 0.15) is 6.92 Å².